The molecular weight excluding hydrogens is 256 g/mol. The quantitative estimate of drug-likeness (QED) is 0.872. The van der Waals surface area contributed by atoms with Gasteiger partial charge in [-0.3, -0.25) is 14.8 Å². The number of carbonyl (C=O) groups excluding carboxylic acids is 1. The summed E-state index contributed by atoms with van der Waals surface area (Å²) in [6.07, 6.45) is 3.98. The highest BCUT2D eigenvalue weighted by atomic mass is 16.5. The van der Waals surface area contributed by atoms with Gasteiger partial charge in [-0.05, 0) is 18.9 Å². The lowest BCUT2D eigenvalue weighted by Crippen LogP contribution is -2.47. The number of aromatic amines is 1. The summed E-state index contributed by atoms with van der Waals surface area (Å²) in [5.41, 5.74) is 1.15. The van der Waals surface area contributed by atoms with Gasteiger partial charge in [0.15, 0.2) is 0 Å². The lowest BCUT2D eigenvalue weighted by atomic mass is 9.95. The van der Waals surface area contributed by atoms with E-state index >= 15 is 0 Å². The highest BCUT2D eigenvalue weighted by molar-refractivity contribution is 5.78. The smallest absolute Gasteiger partial charge is 0.236 e. The zero-order chi connectivity index (χ0) is 13.8. The number of nitrogens with one attached hydrogen (secondary N) is 1. The van der Waals surface area contributed by atoms with Crippen LogP contribution in [0.4, 0.5) is 0 Å². The third-order valence-electron chi connectivity index (χ3n) is 4.20. The van der Waals surface area contributed by atoms with E-state index < -0.39 is 0 Å². The molecule has 0 spiro atoms. The number of H-pyrrole nitrogens is 1. The molecule has 20 heavy (non-hydrogen) atoms. The SMILES string of the molecule is O=C(CN1CCOCC1)N1CCC[C@H](c2ccn[nH]2)C1. The van der Waals surface area contributed by atoms with Crippen LogP contribution in [0.5, 0.6) is 0 Å². The molecule has 3 rings (SSSR count). The van der Waals surface area contributed by atoms with Gasteiger partial charge in [0.1, 0.15) is 0 Å². The maximum absolute atomic E-state index is 12.4. The van der Waals surface area contributed by atoms with Gasteiger partial charge in [0, 0.05) is 44.0 Å². The number of rotatable bonds is 3. The van der Waals surface area contributed by atoms with Crippen molar-refractivity contribution in [1.82, 2.24) is 20.0 Å². The summed E-state index contributed by atoms with van der Waals surface area (Å²) in [6.45, 7) is 5.43. The molecule has 2 fully saturated rings. The Morgan fingerprint density at radius 2 is 2.25 bits per heavy atom. The summed E-state index contributed by atoms with van der Waals surface area (Å²) >= 11 is 0. The van der Waals surface area contributed by atoms with Crippen LogP contribution < -0.4 is 0 Å². The number of carbonyl (C=O) groups is 1. The Kier molecular flexibility index (Phi) is 4.32. The Morgan fingerprint density at radius 1 is 1.40 bits per heavy atom. The second-order valence-electron chi connectivity index (χ2n) is 5.58. The topological polar surface area (TPSA) is 61.5 Å². The molecule has 0 unspecified atom stereocenters. The van der Waals surface area contributed by atoms with Crippen LogP contribution in [0.2, 0.25) is 0 Å². The van der Waals surface area contributed by atoms with Gasteiger partial charge in [-0.25, -0.2) is 0 Å². The fraction of sp³-hybridized carbons (Fsp3) is 0.714. The summed E-state index contributed by atoms with van der Waals surface area (Å²) in [5.74, 6) is 0.649. The third kappa shape index (κ3) is 3.19. The first kappa shape index (κ1) is 13.6. The van der Waals surface area contributed by atoms with Crippen molar-refractivity contribution in [3.63, 3.8) is 0 Å². The van der Waals surface area contributed by atoms with Crippen LogP contribution in [-0.4, -0.2) is 71.8 Å². The van der Waals surface area contributed by atoms with E-state index in [0.29, 0.717) is 12.5 Å². The maximum atomic E-state index is 12.4. The largest absolute Gasteiger partial charge is 0.379 e. The Bertz CT molecular complexity index is 428. The van der Waals surface area contributed by atoms with E-state index in [-0.39, 0.29) is 5.91 Å². The average Bonchev–Trinajstić information content (AvgIpc) is 3.03. The van der Waals surface area contributed by atoms with Gasteiger partial charge >= 0.3 is 0 Å². The Morgan fingerprint density at radius 3 is 3.00 bits per heavy atom. The van der Waals surface area contributed by atoms with E-state index in [1.807, 2.05) is 11.0 Å². The Hall–Kier alpha value is -1.40. The average molecular weight is 278 g/mol. The van der Waals surface area contributed by atoms with Crippen molar-refractivity contribution < 1.29 is 9.53 Å². The predicted molar refractivity (Wildman–Crippen MR) is 74.4 cm³/mol. The number of ether oxygens (including phenoxy) is 1. The van der Waals surface area contributed by atoms with Gasteiger partial charge in [-0.15, -0.1) is 0 Å². The molecule has 110 valence electrons. The zero-order valence-electron chi connectivity index (χ0n) is 11.8. The molecule has 2 saturated heterocycles. The fourth-order valence-corrected chi connectivity index (χ4v) is 3.00. The van der Waals surface area contributed by atoms with Crippen molar-refractivity contribution in [2.45, 2.75) is 18.8 Å². The second-order valence-corrected chi connectivity index (χ2v) is 5.58. The van der Waals surface area contributed by atoms with E-state index in [1.54, 1.807) is 6.20 Å². The number of piperidine rings is 1. The van der Waals surface area contributed by atoms with Gasteiger partial charge in [0.25, 0.3) is 0 Å². The highest BCUT2D eigenvalue weighted by Crippen LogP contribution is 2.25. The molecule has 6 heteroatoms. The Labute approximate surface area is 119 Å². The molecule has 2 aliphatic heterocycles. The molecule has 1 aromatic rings. The molecule has 3 heterocycles. The number of aromatic nitrogens is 2. The summed E-state index contributed by atoms with van der Waals surface area (Å²) < 4.78 is 5.32. The molecular formula is C14H22N4O2. The van der Waals surface area contributed by atoms with Gasteiger partial charge in [-0.1, -0.05) is 0 Å². The van der Waals surface area contributed by atoms with Crippen LogP contribution in [0.3, 0.4) is 0 Å². The molecule has 0 aromatic carbocycles. The molecule has 1 amide bonds. The normalized spacial score (nSPS) is 24.8. The maximum Gasteiger partial charge on any atom is 0.236 e. The Balaban J connectivity index is 1.54. The summed E-state index contributed by atoms with van der Waals surface area (Å²) in [5, 5.41) is 7.04. The van der Waals surface area contributed by atoms with Crippen LogP contribution in [0, 0.1) is 0 Å². The minimum absolute atomic E-state index is 0.246. The van der Waals surface area contributed by atoms with E-state index in [4.69, 9.17) is 4.74 Å². The van der Waals surface area contributed by atoms with Crippen molar-refractivity contribution in [3.05, 3.63) is 18.0 Å². The number of hydrogen-bond acceptors (Lipinski definition) is 4. The summed E-state index contributed by atoms with van der Waals surface area (Å²) in [7, 11) is 0. The highest BCUT2D eigenvalue weighted by Gasteiger charge is 2.26. The van der Waals surface area contributed by atoms with Gasteiger partial charge < -0.3 is 9.64 Å². The minimum atomic E-state index is 0.246. The van der Waals surface area contributed by atoms with Gasteiger partial charge in [0.2, 0.25) is 5.91 Å². The molecule has 1 N–H and O–H groups in total. The minimum Gasteiger partial charge on any atom is -0.379 e. The summed E-state index contributed by atoms with van der Waals surface area (Å²) in [4.78, 5) is 16.6. The molecule has 2 aliphatic rings. The first-order valence-electron chi connectivity index (χ1n) is 7.40. The second kappa shape index (κ2) is 6.37. The zero-order valence-corrected chi connectivity index (χ0v) is 11.8. The molecule has 0 radical (unpaired) electrons. The van der Waals surface area contributed by atoms with Crippen molar-refractivity contribution in [3.8, 4) is 0 Å². The number of nitrogens with zero attached hydrogens (tertiary/aromatic N) is 3. The molecule has 0 bridgehead atoms. The van der Waals surface area contributed by atoms with Crippen molar-refractivity contribution in [2.24, 2.45) is 0 Å². The number of hydrogen-bond donors (Lipinski definition) is 1. The number of likely N-dealkylation sites (tertiary alicyclic amines) is 1. The number of morpholine rings is 1. The molecule has 1 aromatic heterocycles. The molecule has 1 atom stereocenters. The van der Waals surface area contributed by atoms with Crippen LogP contribution in [0.15, 0.2) is 12.3 Å². The van der Waals surface area contributed by atoms with E-state index in [0.717, 1.165) is 57.9 Å². The lowest BCUT2D eigenvalue weighted by Gasteiger charge is -2.34. The lowest BCUT2D eigenvalue weighted by molar-refractivity contribution is -0.134. The molecule has 6 nitrogen and oxygen atoms in total. The van der Waals surface area contributed by atoms with E-state index in [2.05, 4.69) is 15.1 Å². The first-order valence-corrected chi connectivity index (χ1v) is 7.40. The van der Waals surface area contributed by atoms with Crippen molar-refractivity contribution in [1.29, 1.82) is 0 Å². The van der Waals surface area contributed by atoms with Gasteiger partial charge in [0.05, 0.1) is 19.8 Å². The summed E-state index contributed by atoms with van der Waals surface area (Å²) in [6, 6.07) is 2.01. The standard InChI is InChI=1S/C14H22N4O2/c19-14(11-17-6-8-20-9-7-17)18-5-1-2-12(10-18)13-3-4-15-16-13/h3-4,12H,1-2,5-11H2,(H,15,16)/t12-/m0/s1. The molecule has 0 saturated carbocycles. The van der Waals surface area contributed by atoms with E-state index in [9.17, 15) is 4.79 Å². The predicted octanol–water partition coefficient (Wildman–Crippen LogP) is 0.448. The fourth-order valence-electron chi connectivity index (χ4n) is 3.00. The molecule has 0 aliphatic carbocycles. The van der Waals surface area contributed by atoms with Crippen molar-refractivity contribution in [2.75, 3.05) is 45.9 Å². The van der Waals surface area contributed by atoms with Crippen LogP contribution >= 0.6 is 0 Å². The van der Waals surface area contributed by atoms with E-state index in [1.165, 1.54) is 0 Å². The van der Waals surface area contributed by atoms with Crippen molar-refractivity contribution >= 4 is 5.91 Å². The monoisotopic (exact) mass is 278 g/mol. The van der Waals surface area contributed by atoms with Crippen LogP contribution in [-0.2, 0) is 9.53 Å². The van der Waals surface area contributed by atoms with Gasteiger partial charge in [-0.2, -0.15) is 5.10 Å². The third-order valence-corrected chi connectivity index (χ3v) is 4.20. The number of amides is 1. The van der Waals surface area contributed by atoms with Crippen LogP contribution in [0.25, 0.3) is 0 Å². The first-order chi connectivity index (χ1) is 9.83. The van der Waals surface area contributed by atoms with Crippen LogP contribution in [0.1, 0.15) is 24.5 Å².